The molecule has 0 saturated heterocycles. The molecular formula is C9H12OS. The summed E-state index contributed by atoms with van der Waals surface area (Å²) >= 11 is 0. The Labute approximate surface area is 67.9 Å². The predicted molar refractivity (Wildman–Crippen MR) is 48.7 cm³/mol. The van der Waals surface area contributed by atoms with E-state index in [1.165, 1.54) is 5.56 Å². The first-order valence-electron chi connectivity index (χ1n) is 3.85. The number of aryl methyl sites for hydroxylation is 1. The lowest BCUT2D eigenvalue weighted by molar-refractivity contribution is 0.677. The van der Waals surface area contributed by atoms with E-state index in [0.717, 1.165) is 17.1 Å². The van der Waals surface area contributed by atoms with Gasteiger partial charge in [0.1, 0.15) is 0 Å². The van der Waals surface area contributed by atoms with Crippen LogP contribution in [0, 0.1) is 0 Å². The van der Waals surface area contributed by atoms with E-state index in [-0.39, 0.29) is 0 Å². The van der Waals surface area contributed by atoms with Gasteiger partial charge in [0.2, 0.25) is 0 Å². The van der Waals surface area contributed by atoms with Gasteiger partial charge < -0.3 is 0 Å². The van der Waals surface area contributed by atoms with Crippen molar-refractivity contribution in [2.75, 3.05) is 12.0 Å². The van der Waals surface area contributed by atoms with E-state index in [0.29, 0.717) is 0 Å². The molecule has 1 nitrogen and oxygen atoms in total. The highest BCUT2D eigenvalue weighted by Gasteiger charge is 2.22. The quantitative estimate of drug-likeness (QED) is 0.577. The van der Waals surface area contributed by atoms with E-state index < -0.39 is 9.93 Å². The molecule has 1 aliphatic heterocycles. The van der Waals surface area contributed by atoms with E-state index in [1.54, 1.807) is 0 Å². The first-order valence-corrected chi connectivity index (χ1v) is 6.19. The third-order valence-corrected chi connectivity index (χ3v) is 4.84. The number of hydrogen-bond acceptors (Lipinski definition) is 1. The highest BCUT2D eigenvalue weighted by Crippen LogP contribution is 2.28. The molecule has 0 atom stereocenters. The molecule has 0 bridgehead atoms. The molecule has 60 valence electrons. The summed E-state index contributed by atoms with van der Waals surface area (Å²) in [6, 6.07) is 8.08. The maximum absolute atomic E-state index is 11.8. The predicted octanol–water partition coefficient (Wildman–Crippen LogP) is 1.25. The zero-order chi connectivity index (χ0) is 7.90. The summed E-state index contributed by atoms with van der Waals surface area (Å²) in [5, 5.41) is 0. The molecule has 1 aromatic carbocycles. The SMILES string of the molecule is C[SH]1(=O)CCc2ccccc21. The van der Waals surface area contributed by atoms with Gasteiger partial charge >= 0.3 is 0 Å². The third kappa shape index (κ3) is 1.02. The van der Waals surface area contributed by atoms with Crippen LogP contribution in [0.25, 0.3) is 0 Å². The summed E-state index contributed by atoms with van der Waals surface area (Å²) < 4.78 is 11.8. The maximum Gasteiger partial charge on any atom is 0.0177 e. The van der Waals surface area contributed by atoms with E-state index in [1.807, 2.05) is 24.5 Å². The maximum atomic E-state index is 11.8. The third-order valence-electron chi connectivity index (χ3n) is 2.31. The van der Waals surface area contributed by atoms with Gasteiger partial charge in [0, 0.05) is 10.6 Å². The largest absolute Gasteiger partial charge is 0.281 e. The van der Waals surface area contributed by atoms with Crippen molar-refractivity contribution in [2.24, 2.45) is 0 Å². The topological polar surface area (TPSA) is 17.1 Å². The van der Waals surface area contributed by atoms with Crippen molar-refractivity contribution >= 4 is 9.93 Å². The van der Waals surface area contributed by atoms with Gasteiger partial charge in [-0.3, -0.25) is 4.21 Å². The summed E-state index contributed by atoms with van der Waals surface area (Å²) in [6.07, 6.45) is 2.89. The van der Waals surface area contributed by atoms with Crippen LogP contribution in [-0.4, -0.2) is 16.2 Å². The number of benzene rings is 1. The lowest BCUT2D eigenvalue weighted by atomic mass is 10.2. The van der Waals surface area contributed by atoms with Crippen LogP contribution in [0.5, 0.6) is 0 Å². The van der Waals surface area contributed by atoms with Crippen molar-refractivity contribution in [1.82, 2.24) is 0 Å². The van der Waals surface area contributed by atoms with Gasteiger partial charge in [-0.25, -0.2) is 0 Å². The molecule has 0 saturated carbocycles. The average Bonchev–Trinajstić information content (AvgIpc) is 2.29. The van der Waals surface area contributed by atoms with Crippen molar-refractivity contribution in [1.29, 1.82) is 0 Å². The first kappa shape index (κ1) is 7.04. The minimum absolute atomic E-state index is 0.867. The van der Waals surface area contributed by atoms with E-state index in [2.05, 4.69) is 6.07 Å². The standard InChI is InChI=1S/C9H12OS/c1-11(10)7-6-8-4-2-3-5-9(8)11/h2-5,11H,6-7H2,1H3. The molecule has 11 heavy (non-hydrogen) atoms. The average molecular weight is 168 g/mol. The van der Waals surface area contributed by atoms with Crippen LogP contribution in [0.2, 0.25) is 0 Å². The highest BCUT2D eigenvalue weighted by molar-refractivity contribution is 8.02. The molecule has 0 fully saturated rings. The molecule has 0 unspecified atom stereocenters. The fourth-order valence-corrected chi connectivity index (χ4v) is 3.74. The summed E-state index contributed by atoms with van der Waals surface area (Å²) in [5.41, 5.74) is 1.29. The Morgan fingerprint density at radius 3 is 2.82 bits per heavy atom. The van der Waals surface area contributed by atoms with E-state index in [9.17, 15) is 4.21 Å². The van der Waals surface area contributed by atoms with Crippen LogP contribution in [-0.2, 0) is 16.4 Å². The minimum Gasteiger partial charge on any atom is -0.281 e. The lowest BCUT2D eigenvalue weighted by Crippen LogP contribution is -2.08. The second-order valence-corrected chi connectivity index (χ2v) is 6.33. The Morgan fingerprint density at radius 1 is 1.36 bits per heavy atom. The van der Waals surface area contributed by atoms with Crippen molar-refractivity contribution in [3.63, 3.8) is 0 Å². The molecule has 0 amide bonds. The first-order chi connectivity index (χ1) is 5.20. The Bertz CT molecular complexity index is 330. The molecule has 2 heteroatoms. The molecule has 1 aliphatic rings. The monoisotopic (exact) mass is 168 g/mol. The van der Waals surface area contributed by atoms with Crippen LogP contribution in [0.1, 0.15) is 5.56 Å². The molecule has 2 rings (SSSR count). The Morgan fingerprint density at radius 2 is 2.09 bits per heavy atom. The summed E-state index contributed by atoms with van der Waals surface area (Å²) in [5.74, 6) is 0.867. The van der Waals surface area contributed by atoms with Gasteiger partial charge in [0.15, 0.2) is 0 Å². The van der Waals surface area contributed by atoms with Crippen LogP contribution in [0.15, 0.2) is 29.2 Å². The summed E-state index contributed by atoms with van der Waals surface area (Å²) in [7, 11) is -1.93. The molecule has 0 N–H and O–H groups in total. The fraction of sp³-hybridized carbons (Fsp3) is 0.333. The Hall–Kier alpha value is -0.630. The Balaban J connectivity index is 2.65. The molecule has 1 heterocycles. The number of fused-ring (bicyclic) bond motifs is 1. The summed E-state index contributed by atoms with van der Waals surface area (Å²) in [4.78, 5) is 1.11. The van der Waals surface area contributed by atoms with Crippen LogP contribution < -0.4 is 0 Å². The minimum atomic E-state index is -1.93. The van der Waals surface area contributed by atoms with Crippen molar-refractivity contribution in [3.05, 3.63) is 29.8 Å². The van der Waals surface area contributed by atoms with E-state index in [4.69, 9.17) is 0 Å². The van der Waals surface area contributed by atoms with Crippen LogP contribution in [0.3, 0.4) is 0 Å². The van der Waals surface area contributed by atoms with Gasteiger partial charge in [0.25, 0.3) is 0 Å². The zero-order valence-electron chi connectivity index (χ0n) is 6.58. The summed E-state index contributed by atoms with van der Waals surface area (Å²) in [6.45, 7) is 0. The lowest BCUT2D eigenvalue weighted by Gasteiger charge is -2.10. The van der Waals surface area contributed by atoms with Crippen LogP contribution in [0.4, 0.5) is 0 Å². The van der Waals surface area contributed by atoms with Crippen molar-refractivity contribution in [3.8, 4) is 0 Å². The number of hydrogen-bond donors (Lipinski definition) is 1. The molecule has 0 aliphatic carbocycles. The van der Waals surface area contributed by atoms with Crippen LogP contribution >= 0.6 is 0 Å². The molecule has 0 radical (unpaired) electrons. The van der Waals surface area contributed by atoms with Crippen molar-refractivity contribution in [2.45, 2.75) is 11.3 Å². The van der Waals surface area contributed by atoms with Crippen molar-refractivity contribution < 1.29 is 4.21 Å². The zero-order valence-corrected chi connectivity index (χ0v) is 7.47. The normalized spacial score (nSPS) is 22.6. The molecule has 0 aromatic heterocycles. The Kier molecular flexibility index (Phi) is 1.39. The van der Waals surface area contributed by atoms with Gasteiger partial charge in [-0.2, -0.15) is 0 Å². The van der Waals surface area contributed by atoms with Gasteiger partial charge in [0.05, 0.1) is 0 Å². The fourth-order valence-electron chi connectivity index (χ4n) is 1.64. The van der Waals surface area contributed by atoms with Gasteiger partial charge in [-0.05, 0) is 24.3 Å². The van der Waals surface area contributed by atoms with E-state index >= 15 is 0 Å². The number of thiol groups is 1. The second kappa shape index (κ2) is 2.18. The van der Waals surface area contributed by atoms with Gasteiger partial charge in [-0.15, -0.1) is 0 Å². The highest BCUT2D eigenvalue weighted by atomic mass is 32.2. The smallest absolute Gasteiger partial charge is 0.0177 e. The number of rotatable bonds is 0. The molecule has 0 spiro atoms. The second-order valence-electron chi connectivity index (χ2n) is 3.20. The molecular weight excluding hydrogens is 156 g/mol. The van der Waals surface area contributed by atoms with Gasteiger partial charge in [-0.1, -0.05) is 28.1 Å². The molecule has 1 aromatic rings.